The van der Waals surface area contributed by atoms with Crippen LogP contribution in [-0.2, 0) is 16.6 Å². The summed E-state index contributed by atoms with van der Waals surface area (Å²) in [7, 11) is -0.366. The van der Waals surface area contributed by atoms with Crippen LogP contribution in [0.1, 0.15) is 24.8 Å². The highest BCUT2D eigenvalue weighted by Crippen LogP contribution is 2.32. The molecule has 0 aliphatic carbocycles. The Hall–Kier alpha value is -3.04. The molecule has 2 aliphatic rings. The van der Waals surface area contributed by atoms with Gasteiger partial charge >= 0.3 is 0 Å². The number of methoxy groups -OCH3 is 1. The molecular weight excluding hydrogens is 452 g/mol. The van der Waals surface area contributed by atoms with Crippen molar-refractivity contribution in [2.75, 3.05) is 45.3 Å². The average Bonchev–Trinajstić information content (AvgIpc) is 2.84. The lowest BCUT2D eigenvalue weighted by atomic mass is 10.1. The molecule has 34 heavy (non-hydrogen) atoms. The number of rotatable bonds is 8. The second kappa shape index (κ2) is 10.9. The summed E-state index contributed by atoms with van der Waals surface area (Å²) in [5, 5.41) is 0. The molecule has 4 rings (SSSR count). The maximum Gasteiger partial charge on any atom is 0.266 e. The molecule has 182 valence electrons. The quantitative estimate of drug-likeness (QED) is 0.579. The summed E-state index contributed by atoms with van der Waals surface area (Å²) < 4.78 is 38.8. The summed E-state index contributed by atoms with van der Waals surface area (Å²) in [6, 6.07) is 13.1. The summed E-state index contributed by atoms with van der Waals surface area (Å²) in [5.41, 5.74) is 1.79. The van der Waals surface area contributed by atoms with Crippen molar-refractivity contribution in [3.63, 3.8) is 0 Å². The first-order chi connectivity index (χ1) is 16.5. The van der Waals surface area contributed by atoms with Crippen molar-refractivity contribution in [1.82, 2.24) is 9.62 Å². The number of guanidine groups is 1. The van der Waals surface area contributed by atoms with Gasteiger partial charge in [-0.05, 0) is 61.8 Å². The van der Waals surface area contributed by atoms with E-state index in [0.717, 1.165) is 12.3 Å². The first-order valence-electron chi connectivity index (χ1n) is 11.5. The SMILES string of the molecule is COc1ccc2c(c1)N(C)C(=NCC=CCOc1cccc(CN3CCCCC3)c1)NS2(=O)=O. The van der Waals surface area contributed by atoms with Gasteiger partial charge in [0.1, 0.15) is 23.0 Å². The van der Waals surface area contributed by atoms with Crippen molar-refractivity contribution in [2.24, 2.45) is 4.99 Å². The molecule has 1 saturated heterocycles. The molecule has 8 nitrogen and oxygen atoms in total. The summed E-state index contributed by atoms with van der Waals surface area (Å²) in [6.45, 7) is 4.03. The van der Waals surface area contributed by atoms with Gasteiger partial charge in [-0.2, -0.15) is 0 Å². The number of piperidine rings is 1. The van der Waals surface area contributed by atoms with Crippen LogP contribution in [0.4, 0.5) is 5.69 Å². The lowest BCUT2D eigenvalue weighted by molar-refractivity contribution is 0.220. The van der Waals surface area contributed by atoms with Crippen LogP contribution in [0.15, 0.2) is 64.5 Å². The first kappa shape index (κ1) is 24.1. The van der Waals surface area contributed by atoms with Crippen LogP contribution < -0.4 is 19.1 Å². The Labute approximate surface area is 201 Å². The highest BCUT2D eigenvalue weighted by Gasteiger charge is 2.30. The number of nitrogens with zero attached hydrogens (tertiary/aromatic N) is 3. The number of hydrogen-bond acceptors (Lipinski definition) is 6. The molecule has 0 spiro atoms. The van der Waals surface area contributed by atoms with E-state index >= 15 is 0 Å². The average molecular weight is 485 g/mol. The number of likely N-dealkylation sites (tertiary alicyclic amines) is 1. The smallest absolute Gasteiger partial charge is 0.266 e. The minimum atomic E-state index is -3.68. The van der Waals surface area contributed by atoms with Crippen LogP contribution in [0.5, 0.6) is 11.5 Å². The van der Waals surface area contributed by atoms with Crippen LogP contribution in [0.25, 0.3) is 0 Å². The minimum absolute atomic E-state index is 0.196. The van der Waals surface area contributed by atoms with Gasteiger partial charge in [0.25, 0.3) is 10.0 Å². The van der Waals surface area contributed by atoms with Gasteiger partial charge in [-0.1, -0.05) is 24.6 Å². The van der Waals surface area contributed by atoms with Crippen LogP contribution in [0.3, 0.4) is 0 Å². The Bertz CT molecular complexity index is 1160. The first-order valence-corrected chi connectivity index (χ1v) is 13.0. The fourth-order valence-corrected chi connectivity index (χ4v) is 5.42. The third kappa shape index (κ3) is 5.90. The van der Waals surface area contributed by atoms with Gasteiger partial charge in [0.05, 0.1) is 19.3 Å². The summed E-state index contributed by atoms with van der Waals surface area (Å²) in [6.07, 6.45) is 7.64. The van der Waals surface area contributed by atoms with Crippen LogP contribution in [0.2, 0.25) is 0 Å². The van der Waals surface area contributed by atoms with Crippen molar-refractivity contribution in [2.45, 2.75) is 30.7 Å². The van der Waals surface area contributed by atoms with E-state index in [1.54, 1.807) is 31.2 Å². The molecule has 2 aliphatic heterocycles. The molecule has 2 aromatic rings. The van der Waals surface area contributed by atoms with Gasteiger partial charge in [0.15, 0.2) is 0 Å². The van der Waals surface area contributed by atoms with Crippen molar-refractivity contribution < 1.29 is 17.9 Å². The van der Waals surface area contributed by atoms with E-state index in [0.29, 0.717) is 24.6 Å². The molecule has 2 heterocycles. The molecule has 1 N–H and O–H groups in total. The molecule has 0 aromatic heterocycles. The Morgan fingerprint density at radius 1 is 1.06 bits per heavy atom. The zero-order valence-corrected chi connectivity index (χ0v) is 20.6. The Morgan fingerprint density at radius 3 is 2.68 bits per heavy atom. The van der Waals surface area contributed by atoms with Crippen LogP contribution in [-0.4, -0.2) is 59.7 Å². The third-order valence-electron chi connectivity index (χ3n) is 5.97. The predicted molar refractivity (Wildman–Crippen MR) is 134 cm³/mol. The van der Waals surface area contributed by atoms with Crippen molar-refractivity contribution >= 4 is 21.7 Å². The van der Waals surface area contributed by atoms with Gasteiger partial charge in [-0.3, -0.25) is 4.90 Å². The highest BCUT2D eigenvalue weighted by molar-refractivity contribution is 7.90. The summed E-state index contributed by atoms with van der Waals surface area (Å²) >= 11 is 0. The largest absolute Gasteiger partial charge is 0.497 e. The zero-order chi connectivity index (χ0) is 24.0. The number of fused-ring (bicyclic) bond motifs is 1. The molecule has 2 aromatic carbocycles. The van der Waals surface area contributed by atoms with E-state index in [9.17, 15) is 8.42 Å². The monoisotopic (exact) mass is 484 g/mol. The number of aliphatic imine (C=N–C) groups is 1. The van der Waals surface area contributed by atoms with Crippen LogP contribution in [0, 0.1) is 0 Å². The molecule has 1 fully saturated rings. The second-order valence-electron chi connectivity index (χ2n) is 8.43. The molecular formula is C25H32N4O4S. The van der Waals surface area contributed by atoms with Gasteiger partial charge in [0, 0.05) is 19.7 Å². The Morgan fingerprint density at radius 2 is 1.88 bits per heavy atom. The minimum Gasteiger partial charge on any atom is -0.497 e. The Kier molecular flexibility index (Phi) is 7.74. The van der Waals surface area contributed by atoms with Gasteiger partial charge in [-0.15, -0.1) is 0 Å². The molecule has 0 atom stereocenters. The summed E-state index contributed by atoms with van der Waals surface area (Å²) in [4.78, 5) is 8.80. The lowest BCUT2D eigenvalue weighted by Crippen LogP contribution is -2.47. The van der Waals surface area contributed by atoms with E-state index in [1.807, 2.05) is 24.3 Å². The standard InChI is InChI=1S/C25H32N4O4S/c1-28-23-18-21(32-2)11-12-24(23)34(30,31)27-25(28)26-13-4-7-16-33-22-10-8-9-20(17-22)19-29-14-5-3-6-15-29/h4,7-12,17-18H,3,5-6,13-16,19H2,1-2H3,(H,26,27). The maximum atomic E-state index is 12.6. The maximum absolute atomic E-state index is 12.6. The topological polar surface area (TPSA) is 83.5 Å². The Balaban J connectivity index is 1.31. The number of nitrogens with one attached hydrogen (secondary N) is 1. The van der Waals surface area contributed by atoms with Crippen molar-refractivity contribution in [3.05, 3.63) is 60.2 Å². The molecule has 0 radical (unpaired) electrons. The summed E-state index contributed by atoms with van der Waals surface area (Å²) in [5.74, 6) is 1.69. The normalized spacial score (nSPS) is 19.1. The molecule has 0 saturated carbocycles. The van der Waals surface area contributed by atoms with Crippen LogP contribution >= 0.6 is 0 Å². The molecule has 9 heteroatoms. The predicted octanol–water partition coefficient (Wildman–Crippen LogP) is 3.40. The van der Waals surface area contributed by atoms with Crippen molar-refractivity contribution in [1.29, 1.82) is 0 Å². The van der Waals surface area contributed by atoms with E-state index in [4.69, 9.17) is 9.47 Å². The second-order valence-corrected chi connectivity index (χ2v) is 10.1. The fraction of sp³-hybridized carbons (Fsp3) is 0.400. The van der Waals surface area contributed by atoms with Gasteiger partial charge in [-0.25, -0.2) is 18.1 Å². The van der Waals surface area contributed by atoms with E-state index < -0.39 is 10.0 Å². The molecule has 0 amide bonds. The van der Waals surface area contributed by atoms with E-state index in [1.165, 1.54) is 44.0 Å². The lowest BCUT2D eigenvalue weighted by Gasteiger charge is -2.29. The van der Waals surface area contributed by atoms with E-state index in [2.05, 4.69) is 26.7 Å². The number of benzene rings is 2. The highest BCUT2D eigenvalue weighted by atomic mass is 32.2. The number of ether oxygens (including phenoxy) is 2. The van der Waals surface area contributed by atoms with Gasteiger partial charge in [0.2, 0.25) is 5.96 Å². The molecule has 0 bridgehead atoms. The number of anilines is 1. The number of sulfonamides is 1. The van der Waals surface area contributed by atoms with E-state index in [-0.39, 0.29) is 10.9 Å². The van der Waals surface area contributed by atoms with Crippen molar-refractivity contribution in [3.8, 4) is 11.5 Å². The number of hydrogen-bond donors (Lipinski definition) is 1. The fourth-order valence-electron chi connectivity index (χ4n) is 4.14. The van der Waals surface area contributed by atoms with Gasteiger partial charge < -0.3 is 14.4 Å². The molecule has 0 unspecified atom stereocenters. The zero-order valence-electron chi connectivity index (χ0n) is 19.7. The third-order valence-corrected chi connectivity index (χ3v) is 7.35.